The number of aliphatic imine (C=N–C) groups is 1. The van der Waals surface area contributed by atoms with Gasteiger partial charge in [0.25, 0.3) is 0 Å². The van der Waals surface area contributed by atoms with Gasteiger partial charge in [0, 0.05) is 19.1 Å². The predicted octanol–water partition coefficient (Wildman–Crippen LogP) is 1.70. The molecule has 2 aliphatic rings. The number of nitrogens with two attached hydrogens (primary N) is 1. The minimum atomic E-state index is -0.210. The number of carbonyl (C=O) groups is 1. The number of ether oxygens (including phenoxy) is 1. The lowest BCUT2D eigenvalue weighted by Gasteiger charge is -2.31. The van der Waals surface area contributed by atoms with Gasteiger partial charge in [0.2, 0.25) is 0 Å². The molecule has 3 N–H and O–H groups in total. The molecule has 0 radical (unpaired) electrons. The van der Waals surface area contributed by atoms with E-state index in [0.717, 1.165) is 18.8 Å². The molecule has 1 aliphatic heterocycles. The number of amides is 1. The van der Waals surface area contributed by atoms with Crippen LogP contribution in [0.5, 0.6) is 0 Å². The Kier molecular flexibility index (Phi) is 5.70. The van der Waals surface area contributed by atoms with Gasteiger partial charge in [0.1, 0.15) is 0 Å². The van der Waals surface area contributed by atoms with Crippen molar-refractivity contribution in [2.45, 2.75) is 58.0 Å². The summed E-state index contributed by atoms with van der Waals surface area (Å²) in [5.41, 5.74) is 5.98. The van der Waals surface area contributed by atoms with Crippen molar-refractivity contribution < 1.29 is 9.53 Å². The van der Waals surface area contributed by atoms with Gasteiger partial charge >= 0.3 is 6.09 Å². The molecule has 2 unspecified atom stereocenters. The normalized spacial score (nSPS) is 26.6. The number of likely N-dealkylation sites (tertiary alicyclic amines) is 1. The van der Waals surface area contributed by atoms with Crippen LogP contribution in [-0.4, -0.2) is 48.7 Å². The second-order valence-electron chi connectivity index (χ2n) is 5.97. The minimum absolute atomic E-state index is 0.210. The zero-order chi connectivity index (χ0) is 15.2. The summed E-state index contributed by atoms with van der Waals surface area (Å²) in [5.74, 6) is 1.30. The van der Waals surface area contributed by atoms with Gasteiger partial charge in [-0.2, -0.15) is 0 Å². The van der Waals surface area contributed by atoms with Gasteiger partial charge in [-0.3, -0.25) is 0 Å². The molecular weight excluding hydrogens is 268 g/mol. The van der Waals surface area contributed by atoms with E-state index >= 15 is 0 Å². The highest BCUT2D eigenvalue weighted by Gasteiger charge is 2.36. The number of hydrogen-bond acceptors (Lipinski definition) is 3. The fourth-order valence-corrected chi connectivity index (χ4v) is 2.92. The molecule has 21 heavy (non-hydrogen) atoms. The van der Waals surface area contributed by atoms with Gasteiger partial charge in [-0.1, -0.05) is 13.3 Å². The van der Waals surface area contributed by atoms with E-state index in [9.17, 15) is 4.79 Å². The molecular formula is C15H28N4O2. The lowest BCUT2D eigenvalue weighted by molar-refractivity contribution is 0.0963. The predicted molar refractivity (Wildman–Crippen MR) is 83.2 cm³/mol. The lowest BCUT2D eigenvalue weighted by atomic mass is 10.1. The van der Waals surface area contributed by atoms with Crippen LogP contribution in [0.15, 0.2) is 4.99 Å². The van der Waals surface area contributed by atoms with E-state index in [1.807, 2.05) is 6.92 Å². The quantitative estimate of drug-likeness (QED) is 0.598. The molecule has 0 aromatic carbocycles. The van der Waals surface area contributed by atoms with Crippen LogP contribution in [-0.2, 0) is 4.74 Å². The molecule has 0 spiro atoms. The SMILES string of the molecule is CCCC1CC1N=C(N)NC1CCN(C(=O)OCC)CC1. The Labute approximate surface area is 127 Å². The summed E-state index contributed by atoms with van der Waals surface area (Å²) in [7, 11) is 0. The van der Waals surface area contributed by atoms with Crippen molar-refractivity contribution >= 4 is 12.1 Å². The third-order valence-corrected chi connectivity index (χ3v) is 4.22. The highest BCUT2D eigenvalue weighted by Crippen LogP contribution is 2.37. The van der Waals surface area contributed by atoms with Crippen molar-refractivity contribution in [1.82, 2.24) is 10.2 Å². The summed E-state index contributed by atoms with van der Waals surface area (Å²) in [6.07, 6.45) is 5.21. The Hall–Kier alpha value is -1.46. The van der Waals surface area contributed by atoms with Crippen LogP contribution in [0.1, 0.15) is 46.0 Å². The largest absolute Gasteiger partial charge is 0.450 e. The van der Waals surface area contributed by atoms with Gasteiger partial charge in [-0.25, -0.2) is 9.79 Å². The van der Waals surface area contributed by atoms with E-state index in [0.29, 0.717) is 37.7 Å². The Morgan fingerprint density at radius 3 is 2.71 bits per heavy atom. The number of guanidine groups is 1. The number of nitrogens with zero attached hydrogens (tertiary/aromatic N) is 2. The molecule has 2 rings (SSSR count). The molecule has 2 fully saturated rings. The summed E-state index contributed by atoms with van der Waals surface area (Å²) >= 11 is 0. The van der Waals surface area contributed by atoms with E-state index in [1.165, 1.54) is 19.3 Å². The summed E-state index contributed by atoms with van der Waals surface area (Å²) in [6, 6.07) is 0.736. The van der Waals surface area contributed by atoms with Gasteiger partial charge in [-0.15, -0.1) is 0 Å². The van der Waals surface area contributed by atoms with Crippen LogP contribution in [0.25, 0.3) is 0 Å². The number of piperidine rings is 1. The topological polar surface area (TPSA) is 80.0 Å². The van der Waals surface area contributed by atoms with Gasteiger partial charge in [-0.05, 0) is 38.5 Å². The van der Waals surface area contributed by atoms with E-state index in [1.54, 1.807) is 4.90 Å². The average molecular weight is 296 g/mol. The Morgan fingerprint density at radius 2 is 2.10 bits per heavy atom. The zero-order valence-electron chi connectivity index (χ0n) is 13.2. The molecule has 2 atom stereocenters. The molecule has 120 valence electrons. The van der Waals surface area contributed by atoms with Gasteiger partial charge < -0.3 is 20.7 Å². The Balaban J connectivity index is 1.69. The van der Waals surface area contributed by atoms with Gasteiger partial charge in [0.15, 0.2) is 5.96 Å². The maximum absolute atomic E-state index is 11.6. The van der Waals surface area contributed by atoms with Crippen molar-refractivity contribution in [3.05, 3.63) is 0 Å². The lowest BCUT2D eigenvalue weighted by Crippen LogP contribution is -2.48. The maximum Gasteiger partial charge on any atom is 0.409 e. The van der Waals surface area contributed by atoms with Crippen molar-refractivity contribution in [3.63, 3.8) is 0 Å². The highest BCUT2D eigenvalue weighted by atomic mass is 16.6. The van der Waals surface area contributed by atoms with Crippen LogP contribution in [0.4, 0.5) is 4.79 Å². The molecule has 0 bridgehead atoms. The fourth-order valence-electron chi connectivity index (χ4n) is 2.92. The maximum atomic E-state index is 11.6. The second kappa shape index (κ2) is 7.52. The first kappa shape index (κ1) is 15.9. The van der Waals surface area contributed by atoms with E-state index < -0.39 is 0 Å². The first-order valence-electron chi connectivity index (χ1n) is 8.15. The molecule has 1 aliphatic carbocycles. The molecule has 6 nitrogen and oxygen atoms in total. The average Bonchev–Trinajstić information content (AvgIpc) is 3.18. The number of hydrogen-bond donors (Lipinski definition) is 2. The molecule has 0 aromatic heterocycles. The fraction of sp³-hybridized carbons (Fsp3) is 0.867. The van der Waals surface area contributed by atoms with Crippen LogP contribution < -0.4 is 11.1 Å². The van der Waals surface area contributed by atoms with Crippen LogP contribution in [0.3, 0.4) is 0 Å². The third kappa shape index (κ3) is 4.79. The summed E-state index contributed by atoms with van der Waals surface area (Å²) in [6.45, 7) is 5.89. The van der Waals surface area contributed by atoms with Crippen molar-refractivity contribution in [2.24, 2.45) is 16.6 Å². The van der Waals surface area contributed by atoms with E-state index in [2.05, 4.69) is 17.2 Å². The van der Waals surface area contributed by atoms with Crippen molar-refractivity contribution in [3.8, 4) is 0 Å². The highest BCUT2D eigenvalue weighted by molar-refractivity contribution is 5.78. The molecule has 1 saturated heterocycles. The smallest absolute Gasteiger partial charge is 0.409 e. The van der Waals surface area contributed by atoms with Crippen LogP contribution in [0, 0.1) is 5.92 Å². The standard InChI is InChI=1S/C15H28N4O2/c1-3-5-11-10-13(11)18-14(16)17-12-6-8-19(9-7-12)15(20)21-4-2/h11-13H,3-10H2,1-2H3,(H3,16,17,18). The van der Waals surface area contributed by atoms with E-state index in [-0.39, 0.29) is 6.09 Å². The molecule has 1 heterocycles. The monoisotopic (exact) mass is 296 g/mol. The Morgan fingerprint density at radius 1 is 1.38 bits per heavy atom. The number of rotatable bonds is 5. The van der Waals surface area contributed by atoms with Gasteiger partial charge in [0.05, 0.1) is 12.6 Å². The molecule has 1 amide bonds. The first-order chi connectivity index (χ1) is 10.1. The summed E-state index contributed by atoms with van der Waals surface area (Å²) < 4.78 is 5.01. The third-order valence-electron chi connectivity index (χ3n) is 4.22. The van der Waals surface area contributed by atoms with Crippen molar-refractivity contribution in [1.29, 1.82) is 0 Å². The number of carbonyl (C=O) groups excluding carboxylic acids is 1. The summed E-state index contributed by atoms with van der Waals surface area (Å²) in [4.78, 5) is 17.9. The van der Waals surface area contributed by atoms with Crippen LogP contribution in [0.2, 0.25) is 0 Å². The zero-order valence-corrected chi connectivity index (χ0v) is 13.2. The molecule has 0 aromatic rings. The molecule has 6 heteroatoms. The molecule has 1 saturated carbocycles. The second-order valence-corrected chi connectivity index (χ2v) is 5.97. The summed E-state index contributed by atoms with van der Waals surface area (Å²) in [5, 5.41) is 3.29. The Bertz CT molecular complexity index is 378. The van der Waals surface area contributed by atoms with E-state index in [4.69, 9.17) is 10.5 Å². The van der Waals surface area contributed by atoms with Crippen molar-refractivity contribution in [2.75, 3.05) is 19.7 Å². The number of nitrogens with one attached hydrogen (secondary N) is 1. The van der Waals surface area contributed by atoms with Crippen LogP contribution >= 0.6 is 0 Å². The minimum Gasteiger partial charge on any atom is -0.450 e. The first-order valence-corrected chi connectivity index (χ1v) is 8.15.